The fourth-order valence-corrected chi connectivity index (χ4v) is 5.07. The van der Waals surface area contributed by atoms with Crippen LogP contribution in [0, 0.1) is 23.5 Å². The first-order valence-corrected chi connectivity index (χ1v) is 12.8. The zero-order valence-corrected chi connectivity index (χ0v) is 20.8. The number of hydrogen-bond acceptors (Lipinski definition) is 8. The Kier molecular flexibility index (Phi) is 6.52. The van der Waals surface area contributed by atoms with E-state index in [9.17, 15) is 13.2 Å². The Morgan fingerprint density at radius 2 is 1.84 bits per heavy atom. The molecule has 1 aliphatic heterocycles. The molecule has 11 heteroatoms. The molecule has 5 heterocycles. The van der Waals surface area contributed by atoms with E-state index in [0.29, 0.717) is 29.3 Å². The Balaban J connectivity index is 1.40. The summed E-state index contributed by atoms with van der Waals surface area (Å²) in [6.07, 6.45) is 9.62. The third-order valence-corrected chi connectivity index (χ3v) is 7.44. The van der Waals surface area contributed by atoms with E-state index in [0.717, 1.165) is 49.1 Å². The number of aromatic nitrogens is 5. The van der Waals surface area contributed by atoms with Gasteiger partial charge in [-0.3, -0.25) is 4.98 Å². The molecule has 2 fully saturated rings. The number of nitrogens with one attached hydrogen (secondary N) is 3. The standard InChI is InChI=1S/C27H27F3N8/c1-14-11-31-7-6-20(14)34-27-23-17(15-3-2-4-15)12-32-13-21(23)35-25(38-27)16-5-8-33-22(9-16)36-26-19(29)10-18(28)24(30)37-26/h5,8-10,12-15,20,31H,2-4,6-7,11H2,1H3,(H,33,36,37)(H,34,35,38)/t14-,20?/m1/s1. The Hall–Kier alpha value is -3.86. The molecule has 0 amide bonds. The molecule has 8 nitrogen and oxygen atoms in total. The first-order valence-electron chi connectivity index (χ1n) is 12.8. The zero-order valence-electron chi connectivity index (χ0n) is 20.8. The number of halogens is 3. The zero-order chi connectivity index (χ0) is 26.2. The number of piperidine rings is 1. The molecule has 4 aromatic heterocycles. The minimum Gasteiger partial charge on any atom is -0.366 e. The second-order valence-electron chi connectivity index (χ2n) is 10.0. The monoisotopic (exact) mass is 520 g/mol. The van der Waals surface area contributed by atoms with Gasteiger partial charge in [-0.2, -0.15) is 9.37 Å². The van der Waals surface area contributed by atoms with Gasteiger partial charge in [0.25, 0.3) is 5.95 Å². The highest BCUT2D eigenvalue weighted by atomic mass is 19.2. The molecule has 1 aliphatic carbocycles. The molecule has 1 unspecified atom stereocenters. The van der Waals surface area contributed by atoms with Gasteiger partial charge in [0, 0.05) is 35.5 Å². The van der Waals surface area contributed by atoms with E-state index >= 15 is 0 Å². The largest absolute Gasteiger partial charge is 0.366 e. The molecule has 2 aliphatic rings. The normalized spacial score (nSPS) is 19.8. The van der Waals surface area contributed by atoms with Gasteiger partial charge in [0.15, 0.2) is 23.3 Å². The minimum absolute atomic E-state index is 0.187. The number of anilines is 3. The van der Waals surface area contributed by atoms with Crippen LogP contribution < -0.4 is 16.0 Å². The predicted octanol–water partition coefficient (Wildman–Crippen LogP) is 5.32. The summed E-state index contributed by atoms with van der Waals surface area (Å²) in [6.45, 7) is 4.08. The summed E-state index contributed by atoms with van der Waals surface area (Å²) >= 11 is 0. The van der Waals surface area contributed by atoms with Crippen LogP contribution in [-0.2, 0) is 0 Å². The van der Waals surface area contributed by atoms with Gasteiger partial charge in [0.2, 0.25) is 0 Å². The fourth-order valence-electron chi connectivity index (χ4n) is 5.07. The predicted molar refractivity (Wildman–Crippen MR) is 139 cm³/mol. The van der Waals surface area contributed by atoms with Crippen LogP contribution in [0.15, 0.2) is 36.8 Å². The van der Waals surface area contributed by atoms with Crippen LogP contribution in [-0.4, -0.2) is 44.1 Å². The molecule has 6 rings (SSSR count). The number of hydrogen-bond donors (Lipinski definition) is 3. The second-order valence-corrected chi connectivity index (χ2v) is 10.0. The average molecular weight is 521 g/mol. The number of nitrogens with zero attached hydrogens (tertiary/aromatic N) is 5. The molecular weight excluding hydrogens is 493 g/mol. The highest BCUT2D eigenvalue weighted by Gasteiger charge is 2.27. The van der Waals surface area contributed by atoms with Crippen molar-refractivity contribution in [1.29, 1.82) is 0 Å². The Morgan fingerprint density at radius 1 is 0.974 bits per heavy atom. The summed E-state index contributed by atoms with van der Waals surface area (Å²) < 4.78 is 41.0. The summed E-state index contributed by atoms with van der Waals surface area (Å²) in [4.78, 5) is 21.8. The first kappa shape index (κ1) is 24.5. The summed E-state index contributed by atoms with van der Waals surface area (Å²) in [5.41, 5.74) is 2.52. The van der Waals surface area contributed by atoms with Crippen molar-refractivity contribution in [3.8, 4) is 11.4 Å². The second kappa shape index (κ2) is 10.1. The topological polar surface area (TPSA) is 101 Å². The number of fused-ring (bicyclic) bond motifs is 1. The lowest BCUT2D eigenvalue weighted by Crippen LogP contribution is -2.42. The summed E-state index contributed by atoms with van der Waals surface area (Å²) in [5.74, 6) is -2.00. The van der Waals surface area contributed by atoms with Crippen LogP contribution in [0.3, 0.4) is 0 Å². The van der Waals surface area contributed by atoms with Crippen LogP contribution >= 0.6 is 0 Å². The van der Waals surface area contributed by atoms with Crippen molar-refractivity contribution in [1.82, 2.24) is 30.2 Å². The van der Waals surface area contributed by atoms with E-state index in [4.69, 9.17) is 9.97 Å². The maximum atomic E-state index is 14.2. The molecule has 1 saturated carbocycles. The highest BCUT2D eigenvalue weighted by Crippen LogP contribution is 2.41. The third kappa shape index (κ3) is 4.73. The molecule has 0 bridgehead atoms. The fraction of sp³-hybridized carbons (Fsp3) is 0.370. The van der Waals surface area contributed by atoms with Crippen LogP contribution in [0.25, 0.3) is 22.3 Å². The maximum Gasteiger partial charge on any atom is 0.251 e. The molecule has 38 heavy (non-hydrogen) atoms. The molecule has 3 N–H and O–H groups in total. The SMILES string of the molecule is C[C@@H]1CNCCC1Nc1nc(-c2ccnc(Nc3nc(F)c(F)cc3F)c2)nc2cncc(C3CCC3)c12. The first-order chi connectivity index (χ1) is 18.5. The van der Waals surface area contributed by atoms with Gasteiger partial charge in [0.1, 0.15) is 11.6 Å². The van der Waals surface area contributed by atoms with Crippen molar-refractivity contribution in [2.75, 3.05) is 23.7 Å². The van der Waals surface area contributed by atoms with Gasteiger partial charge in [-0.1, -0.05) is 13.3 Å². The van der Waals surface area contributed by atoms with Gasteiger partial charge in [-0.25, -0.2) is 23.7 Å². The number of rotatable bonds is 6. The van der Waals surface area contributed by atoms with E-state index in [2.05, 4.69) is 37.8 Å². The maximum absolute atomic E-state index is 14.2. The van der Waals surface area contributed by atoms with Crippen molar-refractivity contribution in [2.45, 2.75) is 44.6 Å². The Labute approximate surface area is 217 Å². The molecule has 196 valence electrons. The van der Waals surface area contributed by atoms with Gasteiger partial charge in [-0.15, -0.1) is 0 Å². The van der Waals surface area contributed by atoms with E-state index in [-0.39, 0.29) is 11.9 Å². The molecule has 2 atom stereocenters. The summed E-state index contributed by atoms with van der Waals surface area (Å²) in [5, 5.41) is 10.8. The Morgan fingerprint density at radius 3 is 2.63 bits per heavy atom. The van der Waals surface area contributed by atoms with Crippen molar-refractivity contribution in [3.63, 3.8) is 0 Å². The van der Waals surface area contributed by atoms with Gasteiger partial charge < -0.3 is 16.0 Å². The molecule has 0 radical (unpaired) electrons. The molecular formula is C27H27F3N8. The van der Waals surface area contributed by atoms with E-state index in [1.807, 2.05) is 6.20 Å². The lowest BCUT2D eigenvalue weighted by molar-refractivity contribution is 0.368. The van der Waals surface area contributed by atoms with Crippen LogP contribution in [0.4, 0.5) is 30.6 Å². The third-order valence-electron chi connectivity index (χ3n) is 7.44. The van der Waals surface area contributed by atoms with Gasteiger partial charge in [0.05, 0.1) is 11.7 Å². The van der Waals surface area contributed by atoms with E-state index in [1.165, 1.54) is 18.2 Å². The molecule has 0 aromatic carbocycles. The van der Waals surface area contributed by atoms with E-state index < -0.39 is 23.4 Å². The quantitative estimate of drug-likeness (QED) is 0.294. The van der Waals surface area contributed by atoms with Gasteiger partial charge in [-0.05, 0) is 61.9 Å². The number of pyridine rings is 3. The molecule has 1 saturated heterocycles. The minimum atomic E-state index is -1.40. The lowest BCUT2D eigenvalue weighted by atomic mass is 9.79. The smallest absolute Gasteiger partial charge is 0.251 e. The van der Waals surface area contributed by atoms with Crippen molar-refractivity contribution >= 4 is 28.4 Å². The average Bonchev–Trinajstić information content (AvgIpc) is 2.88. The molecule has 0 spiro atoms. The van der Waals surface area contributed by atoms with Gasteiger partial charge >= 0.3 is 0 Å². The highest BCUT2D eigenvalue weighted by molar-refractivity contribution is 5.93. The van der Waals surface area contributed by atoms with Crippen LogP contribution in [0.5, 0.6) is 0 Å². The van der Waals surface area contributed by atoms with Crippen molar-refractivity contribution in [2.24, 2.45) is 5.92 Å². The molecule has 4 aromatic rings. The van der Waals surface area contributed by atoms with E-state index in [1.54, 1.807) is 18.3 Å². The van der Waals surface area contributed by atoms with Crippen LogP contribution in [0.2, 0.25) is 0 Å². The Bertz CT molecular complexity index is 1490. The van der Waals surface area contributed by atoms with Crippen molar-refractivity contribution in [3.05, 3.63) is 59.9 Å². The summed E-state index contributed by atoms with van der Waals surface area (Å²) in [6, 6.07) is 4.04. The summed E-state index contributed by atoms with van der Waals surface area (Å²) in [7, 11) is 0. The van der Waals surface area contributed by atoms with Crippen LogP contribution in [0.1, 0.15) is 44.1 Å². The lowest BCUT2D eigenvalue weighted by Gasteiger charge is -2.32. The van der Waals surface area contributed by atoms with Crippen molar-refractivity contribution < 1.29 is 13.2 Å².